The average molecular weight is 438 g/mol. The van der Waals surface area contributed by atoms with Crippen molar-refractivity contribution in [1.29, 1.82) is 5.26 Å². The molecule has 2 aliphatic heterocycles. The summed E-state index contributed by atoms with van der Waals surface area (Å²) >= 11 is 1.37. The molecular weight excluding hydrogens is 410 g/mol. The smallest absolute Gasteiger partial charge is 0.232 e. The Kier molecular flexibility index (Phi) is 6.67. The lowest BCUT2D eigenvalue weighted by atomic mass is 9.76. The maximum absolute atomic E-state index is 13.0. The second-order valence-electron chi connectivity index (χ2n) is 7.93. The van der Waals surface area contributed by atoms with Crippen molar-refractivity contribution in [3.63, 3.8) is 0 Å². The Labute approximate surface area is 187 Å². The second-order valence-corrected chi connectivity index (χ2v) is 8.91. The topological polar surface area (TPSA) is 82.4 Å². The highest BCUT2D eigenvalue weighted by atomic mass is 32.2. The number of allylic oxidation sites excluding steroid dienone is 3. The van der Waals surface area contributed by atoms with E-state index in [2.05, 4.69) is 11.4 Å². The Bertz CT molecular complexity index is 986. The lowest BCUT2D eigenvalue weighted by Crippen LogP contribution is -2.33. The standard InChI is InChI=1S/C24H27N3O3S/c1-2-30-20-11-4-3-8-16(20)22-17(14-25)24(26-18-9-7-10-19(28)23(18)22)31-15-21(29)27-12-5-6-13-27/h3-4,8,11,22,26H,2,5-7,9-10,12-13,15H2,1H3/t22-/m0/s1. The van der Waals surface area contributed by atoms with Crippen molar-refractivity contribution in [1.82, 2.24) is 10.2 Å². The van der Waals surface area contributed by atoms with Gasteiger partial charge in [-0.1, -0.05) is 30.0 Å². The van der Waals surface area contributed by atoms with Crippen LogP contribution in [-0.4, -0.2) is 42.0 Å². The van der Waals surface area contributed by atoms with Gasteiger partial charge in [-0.15, -0.1) is 0 Å². The fraction of sp³-hybridized carbons (Fsp3) is 0.458. The Morgan fingerprint density at radius 2 is 2.03 bits per heavy atom. The van der Waals surface area contributed by atoms with Crippen LogP contribution in [0.25, 0.3) is 0 Å². The summed E-state index contributed by atoms with van der Waals surface area (Å²) in [6.45, 7) is 4.04. The van der Waals surface area contributed by atoms with Gasteiger partial charge in [0.25, 0.3) is 0 Å². The van der Waals surface area contributed by atoms with Crippen LogP contribution in [0.15, 0.2) is 46.1 Å². The lowest BCUT2D eigenvalue weighted by Gasteiger charge is -2.34. The van der Waals surface area contributed by atoms with E-state index in [-0.39, 0.29) is 17.4 Å². The summed E-state index contributed by atoms with van der Waals surface area (Å²) in [4.78, 5) is 27.4. The van der Waals surface area contributed by atoms with Gasteiger partial charge < -0.3 is 15.0 Å². The molecule has 0 radical (unpaired) electrons. The minimum absolute atomic E-state index is 0.0787. The fourth-order valence-corrected chi connectivity index (χ4v) is 5.51. The number of benzene rings is 1. The number of ketones is 1. The molecule has 1 amide bonds. The molecule has 1 N–H and O–H groups in total. The molecule has 1 aromatic carbocycles. The molecule has 0 aromatic heterocycles. The van der Waals surface area contributed by atoms with Crippen LogP contribution in [0.3, 0.4) is 0 Å². The number of Topliss-reactive ketones (excluding diaryl/α,β-unsaturated/α-hetero) is 1. The molecule has 31 heavy (non-hydrogen) atoms. The molecule has 6 nitrogen and oxygen atoms in total. The van der Waals surface area contributed by atoms with Crippen LogP contribution in [0.1, 0.15) is 50.5 Å². The molecule has 1 atom stereocenters. The monoisotopic (exact) mass is 437 g/mol. The normalized spacial score (nSPS) is 21.0. The van der Waals surface area contributed by atoms with Gasteiger partial charge in [-0.05, 0) is 38.7 Å². The quantitative estimate of drug-likeness (QED) is 0.728. The maximum atomic E-state index is 13.0. The number of para-hydroxylation sites is 1. The maximum Gasteiger partial charge on any atom is 0.232 e. The van der Waals surface area contributed by atoms with Gasteiger partial charge in [0, 0.05) is 36.3 Å². The van der Waals surface area contributed by atoms with Crippen molar-refractivity contribution in [2.24, 2.45) is 0 Å². The Morgan fingerprint density at radius 1 is 1.26 bits per heavy atom. The molecule has 0 unspecified atom stereocenters. The van der Waals surface area contributed by atoms with Crippen LogP contribution in [0.2, 0.25) is 0 Å². The first-order valence-electron chi connectivity index (χ1n) is 10.9. The van der Waals surface area contributed by atoms with E-state index in [9.17, 15) is 14.9 Å². The van der Waals surface area contributed by atoms with Gasteiger partial charge >= 0.3 is 0 Å². The largest absolute Gasteiger partial charge is 0.494 e. The Hall–Kier alpha value is -2.72. The molecule has 4 rings (SSSR count). The number of carbonyl (C=O) groups is 2. The van der Waals surface area contributed by atoms with Crippen molar-refractivity contribution in [3.8, 4) is 11.8 Å². The van der Waals surface area contributed by atoms with Crippen molar-refractivity contribution < 1.29 is 14.3 Å². The summed E-state index contributed by atoms with van der Waals surface area (Å²) < 4.78 is 5.85. The molecule has 1 aliphatic carbocycles. The minimum Gasteiger partial charge on any atom is -0.494 e. The number of hydrogen-bond donors (Lipinski definition) is 1. The van der Waals surface area contributed by atoms with Crippen molar-refractivity contribution in [2.75, 3.05) is 25.4 Å². The van der Waals surface area contributed by atoms with Crippen LogP contribution in [0.4, 0.5) is 0 Å². The van der Waals surface area contributed by atoms with E-state index in [1.54, 1.807) is 0 Å². The summed E-state index contributed by atoms with van der Waals surface area (Å²) in [5, 5.41) is 14.2. The molecule has 1 fully saturated rings. The summed E-state index contributed by atoms with van der Waals surface area (Å²) in [7, 11) is 0. The van der Waals surface area contributed by atoms with E-state index in [4.69, 9.17) is 4.74 Å². The predicted octanol–water partition coefficient (Wildman–Crippen LogP) is 3.87. The van der Waals surface area contributed by atoms with Gasteiger partial charge in [0.1, 0.15) is 5.75 Å². The molecule has 1 aromatic rings. The first kappa shape index (κ1) is 21.5. The number of nitrogens with zero attached hydrogens (tertiary/aromatic N) is 2. The highest BCUT2D eigenvalue weighted by Gasteiger charge is 2.38. The number of carbonyl (C=O) groups excluding carboxylic acids is 2. The molecule has 2 heterocycles. The van der Waals surface area contributed by atoms with Crippen LogP contribution in [-0.2, 0) is 9.59 Å². The van der Waals surface area contributed by atoms with Gasteiger partial charge in [0.05, 0.1) is 34.9 Å². The number of rotatable bonds is 6. The highest BCUT2D eigenvalue weighted by Crippen LogP contribution is 2.46. The zero-order chi connectivity index (χ0) is 21.8. The molecule has 162 valence electrons. The van der Waals surface area contributed by atoms with Crippen LogP contribution in [0.5, 0.6) is 5.75 Å². The molecule has 0 saturated carbocycles. The van der Waals surface area contributed by atoms with Gasteiger partial charge in [-0.3, -0.25) is 9.59 Å². The SMILES string of the molecule is CCOc1ccccc1[C@H]1C(C#N)=C(SCC(=O)N2CCCC2)NC2=C1C(=O)CCC2. The van der Waals surface area contributed by atoms with Crippen LogP contribution < -0.4 is 10.1 Å². The van der Waals surface area contributed by atoms with Crippen molar-refractivity contribution >= 4 is 23.5 Å². The van der Waals surface area contributed by atoms with Crippen LogP contribution in [0, 0.1) is 11.3 Å². The number of likely N-dealkylation sites (tertiary alicyclic amines) is 1. The first-order valence-corrected chi connectivity index (χ1v) is 11.9. The highest BCUT2D eigenvalue weighted by molar-refractivity contribution is 8.03. The van der Waals surface area contributed by atoms with E-state index in [0.29, 0.717) is 35.0 Å². The van der Waals surface area contributed by atoms with E-state index in [1.807, 2.05) is 36.1 Å². The Balaban J connectivity index is 1.71. The number of amides is 1. The molecule has 3 aliphatic rings. The second kappa shape index (κ2) is 9.61. The van der Waals surface area contributed by atoms with Crippen molar-refractivity contribution in [3.05, 3.63) is 51.7 Å². The number of hydrogen-bond acceptors (Lipinski definition) is 6. The van der Waals surface area contributed by atoms with Gasteiger partial charge in [-0.2, -0.15) is 5.26 Å². The molecule has 0 bridgehead atoms. The van der Waals surface area contributed by atoms with Crippen molar-refractivity contribution in [2.45, 2.75) is 44.9 Å². The van der Waals surface area contributed by atoms with Crippen LogP contribution >= 0.6 is 11.8 Å². The first-order chi connectivity index (χ1) is 15.1. The van der Waals surface area contributed by atoms with E-state index >= 15 is 0 Å². The van der Waals surface area contributed by atoms with Gasteiger partial charge in [0.15, 0.2) is 5.78 Å². The summed E-state index contributed by atoms with van der Waals surface area (Å²) in [5.74, 6) is 0.674. The molecule has 7 heteroatoms. The zero-order valence-electron chi connectivity index (χ0n) is 17.8. The number of nitrogens with one attached hydrogen (secondary N) is 1. The summed E-state index contributed by atoms with van der Waals surface area (Å²) in [6.07, 6.45) is 4.14. The zero-order valence-corrected chi connectivity index (χ0v) is 18.6. The minimum atomic E-state index is -0.471. The molecule has 1 saturated heterocycles. The number of dihydropyridines is 1. The molecule has 0 spiro atoms. The number of ether oxygens (including phenoxy) is 1. The number of thioether (sulfide) groups is 1. The number of nitriles is 1. The third-order valence-electron chi connectivity index (χ3n) is 5.99. The Morgan fingerprint density at radius 3 is 2.77 bits per heavy atom. The van der Waals surface area contributed by atoms with E-state index < -0.39 is 5.92 Å². The lowest BCUT2D eigenvalue weighted by molar-refractivity contribution is -0.127. The predicted molar refractivity (Wildman–Crippen MR) is 120 cm³/mol. The summed E-state index contributed by atoms with van der Waals surface area (Å²) in [5.41, 5.74) is 2.86. The van der Waals surface area contributed by atoms with E-state index in [0.717, 1.165) is 50.0 Å². The third-order valence-corrected chi connectivity index (χ3v) is 6.99. The third kappa shape index (κ3) is 4.35. The molecular formula is C24H27N3O3S. The average Bonchev–Trinajstić information content (AvgIpc) is 3.32. The summed E-state index contributed by atoms with van der Waals surface area (Å²) in [6, 6.07) is 9.97. The van der Waals surface area contributed by atoms with Gasteiger partial charge in [0.2, 0.25) is 5.91 Å². The van der Waals surface area contributed by atoms with E-state index in [1.165, 1.54) is 11.8 Å². The van der Waals surface area contributed by atoms with Gasteiger partial charge in [-0.25, -0.2) is 0 Å². The fourth-order valence-electron chi connectivity index (χ4n) is 4.55.